The molecule has 0 saturated carbocycles. The van der Waals surface area contributed by atoms with Gasteiger partial charge in [-0.15, -0.1) is 0 Å². The van der Waals surface area contributed by atoms with E-state index >= 15 is 0 Å². The maximum absolute atomic E-state index is 13.6. The normalized spacial score (nSPS) is 20.5. The second kappa shape index (κ2) is 14.3. The van der Waals surface area contributed by atoms with Crippen LogP contribution in [0.5, 0.6) is 11.5 Å². The van der Waals surface area contributed by atoms with Crippen molar-refractivity contribution in [2.75, 3.05) is 46.4 Å². The maximum Gasteiger partial charge on any atom is 0.290 e. The summed E-state index contributed by atoms with van der Waals surface area (Å²) in [6.07, 6.45) is 5.96. The molecule has 3 rings (SSSR count). The first kappa shape index (κ1) is 27.3. The van der Waals surface area contributed by atoms with Gasteiger partial charge in [-0.3, -0.25) is 14.6 Å². The number of hydrogen-bond acceptors (Lipinski definition) is 6. The summed E-state index contributed by atoms with van der Waals surface area (Å²) in [4.78, 5) is 12.5. The molecule has 0 amide bonds. The van der Waals surface area contributed by atoms with Crippen LogP contribution in [0.15, 0.2) is 18.2 Å². The van der Waals surface area contributed by atoms with E-state index in [1.54, 1.807) is 12.0 Å². The molecule has 9 heteroatoms. The molecule has 0 radical (unpaired) electrons. The van der Waals surface area contributed by atoms with Gasteiger partial charge in [0.05, 0.1) is 13.7 Å². The van der Waals surface area contributed by atoms with Gasteiger partial charge in [0.2, 0.25) is 0 Å². The Morgan fingerprint density at radius 3 is 2.33 bits per heavy atom. The monoisotopic (exact) mass is 472 g/mol. The van der Waals surface area contributed by atoms with Crippen molar-refractivity contribution in [3.8, 4) is 11.5 Å². The van der Waals surface area contributed by atoms with Crippen molar-refractivity contribution in [3.63, 3.8) is 0 Å². The molecule has 2 N–H and O–H groups in total. The molecule has 7 nitrogen and oxygen atoms in total. The van der Waals surface area contributed by atoms with Gasteiger partial charge in [-0.25, -0.2) is 8.78 Å². The number of likely N-dealkylation sites (tertiary alicyclic amines) is 2. The molecule has 1 aromatic rings. The highest BCUT2D eigenvalue weighted by atomic mass is 19.3. The van der Waals surface area contributed by atoms with Crippen LogP contribution in [-0.4, -0.2) is 85.0 Å². The van der Waals surface area contributed by atoms with Gasteiger partial charge in [-0.2, -0.15) is 0 Å². The van der Waals surface area contributed by atoms with Crippen molar-refractivity contribution < 1.29 is 33.3 Å². The Kier molecular flexibility index (Phi) is 11.8. The number of halogens is 2. The van der Waals surface area contributed by atoms with Gasteiger partial charge >= 0.3 is 0 Å². The lowest BCUT2D eigenvalue weighted by Gasteiger charge is -2.33. The van der Waals surface area contributed by atoms with Crippen molar-refractivity contribution in [2.24, 2.45) is 0 Å². The zero-order valence-electron chi connectivity index (χ0n) is 19.6. The van der Waals surface area contributed by atoms with Crippen LogP contribution in [0.2, 0.25) is 0 Å². The summed E-state index contributed by atoms with van der Waals surface area (Å²) in [5.74, 6) is -1.46. The van der Waals surface area contributed by atoms with Gasteiger partial charge in [-0.1, -0.05) is 25.3 Å². The molecule has 2 aliphatic heterocycles. The topological polar surface area (TPSA) is 82.5 Å². The number of piperidine rings is 1. The van der Waals surface area contributed by atoms with E-state index in [0.29, 0.717) is 24.5 Å². The maximum atomic E-state index is 13.6. The van der Waals surface area contributed by atoms with E-state index in [1.165, 1.54) is 32.1 Å². The molecule has 2 heterocycles. The number of alkyl halides is 2. The number of aliphatic hydroxyl groups excluding tert-OH is 1. The highest BCUT2D eigenvalue weighted by Crippen LogP contribution is 2.30. The van der Waals surface area contributed by atoms with Crippen molar-refractivity contribution in [1.82, 2.24) is 9.80 Å². The van der Waals surface area contributed by atoms with E-state index in [9.17, 15) is 13.9 Å². The van der Waals surface area contributed by atoms with Crippen molar-refractivity contribution in [3.05, 3.63) is 23.8 Å². The summed E-state index contributed by atoms with van der Waals surface area (Å²) >= 11 is 0. The van der Waals surface area contributed by atoms with E-state index in [2.05, 4.69) is 11.0 Å². The van der Waals surface area contributed by atoms with Crippen LogP contribution in [0.4, 0.5) is 8.78 Å². The Hall–Kier alpha value is -1.97. The summed E-state index contributed by atoms with van der Waals surface area (Å²) in [5.41, 5.74) is 1.15. The lowest BCUT2D eigenvalue weighted by molar-refractivity contribution is -0.122. The SMILES string of the molecule is COc1ccc(CN2CCCCCCC2)cc1OCC(O)CN1CCCC(F)(F)C1.O=CO. The van der Waals surface area contributed by atoms with E-state index in [0.717, 1.165) is 25.2 Å². The van der Waals surface area contributed by atoms with Crippen molar-refractivity contribution in [2.45, 2.75) is 63.5 Å². The Bertz CT molecular complexity index is 699. The molecule has 0 spiro atoms. The Morgan fingerprint density at radius 1 is 1.06 bits per heavy atom. The van der Waals surface area contributed by atoms with Crippen LogP contribution in [0.3, 0.4) is 0 Å². The fourth-order valence-corrected chi connectivity index (χ4v) is 4.40. The molecule has 0 aliphatic carbocycles. The largest absolute Gasteiger partial charge is 0.493 e. The number of carbonyl (C=O) groups is 1. The molecular weight excluding hydrogens is 434 g/mol. The molecule has 33 heavy (non-hydrogen) atoms. The fourth-order valence-electron chi connectivity index (χ4n) is 4.40. The molecule has 2 saturated heterocycles. The average Bonchev–Trinajstić information content (AvgIpc) is 2.74. The third-order valence-electron chi connectivity index (χ3n) is 5.95. The Balaban J connectivity index is 0.00000122. The molecule has 2 aliphatic rings. The number of rotatable bonds is 8. The minimum absolute atomic E-state index is 0.0472. The number of nitrogens with zero attached hydrogens (tertiary/aromatic N) is 2. The minimum Gasteiger partial charge on any atom is -0.493 e. The number of β-amino-alcohol motifs (C(OH)–C–C–N with tert-alkyl or cyclic N) is 1. The van der Waals surface area contributed by atoms with Crippen LogP contribution in [0.1, 0.15) is 50.5 Å². The number of ether oxygens (including phenoxy) is 2. The Labute approximate surface area is 195 Å². The molecular formula is C24H38F2N2O5. The van der Waals surface area contributed by atoms with E-state index in [-0.39, 0.29) is 32.6 Å². The summed E-state index contributed by atoms with van der Waals surface area (Å²) < 4.78 is 38.4. The number of aliphatic hydroxyl groups is 1. The van der Waals surface area contributed by atoms with Gasteiger partial charge in [-0.05, 0) is 56.6 Å². The van der Waals surface area contributed by atoms with Crippen molar-refractivity contribution >= 4 is 6.47 Å². The predicted molar refractivity (Wildman–Crippen MR) is 122 cm³/mol. The first-order valence-corrected chi connectivity index (χ1v) is 11.7. The third-order valence-corrected chi connectivity index (χ3v) is 5.95. The van der Waals surface area contributed by atoms with Gasteiger partial charge in [0.1, 0.15) is 12.7 Å². The summed E-state index contributed by atoms with van der Waals surface area (Å²) in [6, 6.07) is 5.92. The van der Waals surface area contributed by atoms with E-state index < -0.39 is 12.0 Å². The smallest absolute Gasteiger partial charge is 0.290 e. The minimum atomic E-state index is -2.66. The molecule has 0 bridgehead atoms. The fraction of sp³-hybridized carbons (Fsp3) is 0.708. The lowest BCUT2D eigenvalue weighted by Crippen LogP contribution is -2.46. The zero-order valence-corrected chi connectivity index (χ0v) is 19.6. The molecule has 0 aromatic heterocycles. The highest BCUT2D eigenvalue weighted by molar-refractivity contribution is 5.43. The van der Waals surface area contributed by atoms with E-state index in [4.69, 9.17) is 19.4 Å². The summed E-state index contributed by atoms with van der Waals surface area (Å²) in [6.45, 7) is 3.37. The van der Waals surface area contributed by atoms with Gasteiger partial charge < -0.3 is 19.7 Å². The quantitative estimate of drug-likeness (QED) is 0.559. The van der Waals surface area contributed by atoms with Crippen LogP contribution < -0.4 is 9.47 Å². The standard InChI is InChI=1S/C23H36F2N2O3.CH2O2/c1-29-21-9-8-19(15-26-11-5-3-2-4-6-12-26)14-22(21)30-17-20(28)16-27-13-7-10-23(24,25)18-27;2-1-3/h8-9,14,20,28H,2-7,10-13,15-18H2,1H3;1H,(H,2,3). The number of methoxy groups -OCH3 is 1. The van der Waals surface area contributed by atoms with E-state index in [1.807, 2.05) is 12.1 Å². The second-order valence-corrected chi connectivity index (χ2v) is 8.79. The van der Waals surface area contributed by atoms with Crippen LogP contribution in [0.25, 0.3) is 0 Å². The summed E-state index contributed by atoms with van der Waals surface area (Å²) in [7, 11) is 1.59. The van der Waals surface area contributed by atoms with Gasteiger partial charge in [0.25, 0.3) is 12.4 Å². The number of benzene rings is 1. The van der Waals surface area contributed by atoms with Crippen molar-refractivity contribution in [1.29, 1.82) is 0 Å². The molecule has 1 aromatic carbocycles. The summed E-state index contributed by atoms with van der Waals surface area (Å²) in [5, 5.41) is 17.2. The number of hydrogen-bond donors (Lipinski definition) is 2. The molecule has 1 unspecified atom stereocenters. The number of carboxylic acid groups (broad SMARTS) is 1. The zero-order chi connectivity index (χ0) is 24.1. The second-order valence-electron chi connectivity index (χ2n) is 8.79. The van der Waals surface area contributed by atoms with Gasteiger partial charge in [0, 0.05) is 19.5 Å². The van der Waals surface area contributed by atoms with Crippen LogP contribution >= 0.6 is 0 Å². The molecule has 188 valence electrons. The predicted octanol–water partition coefficient (Wildman–Crippen LogP) is 3.63. The molecule has 1 atom stereocenters. The van der Waals surface area contributed by atoms with Crippen LogP contribution in [-0.2, 0) is 11.3 Å². The lowest BCUT2D eigenvalue weighted by atomic mass is 10.1. The van der Waals surface area contributed by atoms with Crippen LogP contribution in [0, 0.1) is 0 Å². The molecule has 2 fully saturated rings. The van der Waals surface area contributed by atoms with Gasteiger partial charge in [0.15, 0.2) is 11.5 Å². The third kappa shape index (κ3) is 10.2. The first-order valence-electron chi connectivity index (χ1n) is 11.7. The first-order chi connectivity index (χ1) is 15.9. The Morgan fingerprint density at radius 2 is 1.70 bits per heavy atom. The highest BCUT2D eigenvalue weighted by Gasteiger charge is 2.35. The average molecular weight is 473 g/mol.